The summed E-state index contributed by atoms with van der Waals surface area (Å²) in [6.07, 6.45) is 0. The van der Waals surface area contributed by atoms with Crippen LogP contribution in [0, 0.1) is 6.92 Å². The molecule has 0 spiro atoms. The molecule has 1 aromatic rings. The summed E-state index contributed by atoms with van der Waals surface area (Å²) in [5.74, 6) is 1.91. The van der Waals surface area contributed by atoms with Crippen LogP contribution in [0.2, 0.25) is 0 Å². The minimum Gasteiger partial charge on any atom is -0.378 e. The van der Waals surface area contributed by atoms with Gasteiger partial charge in [-0.1, -0.05) is 0 Å². The maximum Gasteiger partial charge on any atom is 0.236 e. The molecule has 0 N–H and O–H groups in total. The molecule has 1 aromatic heterocycles. The van der Waals surface area contributed by atoms with Crippen molar-refractivity contribution in [3.8, 4) is 0 Å². The number of rotatable bonds is 4. The summed E-state index contributed by atoms with van der Waals surface area (Å²) in [4.78, 5) is 29.9. The van der Waals surface area contributed by atoms with Crippen molar-refractivity contribution in [1.29, 1.82) is 0 Å². The van der Waals surface area contributed by atoms with Gasteiger partial charge in [0.05, 0.1) is 19.8 Å². The highest BCUT2D eigenvalue weighted by Gasteiger charge is 2.24. The first-order valence-corrected chi connectivity index (χ1v) is 8.89. The Bertz CT molecular complexity index is 595. The SMILES string of the molecule is Cc1cc(N(C)C)nc(N2CCN(CC(=O)N3CCOCC3)CC2)n1. The van der Waals surface area contributed by atoms with E-state index in [9.17, 15) is 4.79 Å². The highest BCUT2D eigenvalue weighted by molar-refractivity contribution is 5.78. The van der Waals surface area contributed by atoms with E-state index in [2.05, 4.69) is 19.8 Å². The van der Waals surface area contributed by atoms with Gasteiger partial charge in [-0.2, -0.15) is 4.98 Å². The van der Waals surface area contributed by atoms with Crippen LogP contribution in [-0.4, -0.2) is 98.8 Å². The van der Waals surface area contributed by atoms with Gasteiger partial charge in [-0.05, 0) is 6.92 Å². The molecule has 1 amide bonds. The van der Waals surface area contributed by atoms with Crippen molar-refractivity contribution in [2.24, 2.45) is 0 Å². The zero-order chi connectivity index (χ0) is 17.8. The molecule has 2 aliphatic rings. The van der Waals surface area contributed by atoms with E-state index in [-0.39, 0.29) is 5.91 Å². The standard InChI is InChI=1S/C17H28N6O2/c1-14-12-15(20(2)3)19-17(18-14)23-6-4-21(5-7-23)13-16(24)22-8-10-25-11-9-22/h12H,4-11,13H2,1-3H3. The third kappa shape index (κ3) is 4.58. The van der Waals surface area contributed by atoms with E-state index >= 15 is 0 Å². The Morgan fingerprint density at radius 3 is 2.44 bits per heavy atom. The van der Waals surface area contributed by atoms with Crippen LogP contribution in [0.4, 0.5) is 11.8 Å². The van der Waals surface area contributed by atoms with Gasteiger partial charge in [-0.15, -0.1) is 0 Å². The number of carbonyl (C=O) groups excluding carboxylic acids is 1. The molecule has 2 fully saturated rings. The minimum atomic E-state index is 0.207. The Morgan fingerprint density at radius 1 is 1.12 bits per heavy atom. The van der Waals surface area contributed by atoms with Crippen LogP contribution in [0.1, 0.15) is 5.69 Å². The van der Waals surface area contributed by atoms with Gasteiger partial charge in [0.1, 0.15) is 5.82 Å². The van der Waals surface area contributed by atoms with Crippen molar-refractivity contribution in [2.45, 2.75) is 6.92 Å². The maximum atomic E-state index is 12.4. The van der Waals surface area contributed by atoms with Gasteiger partial charge in [0.15, 0.2) is 0 Å². The fourth-order valence-electron chi connectivity index (χ4n) is 3.12. The average molecular weight is 348 g/mol. The van der Waals surface area contributed by atoms with E-state index in [1.807, 2.05) is 36.9 Å². The molecule has 3 heterocycles. The zero-order valence-electron chi connectivity index (χ0n) is 15.4. The van der Waals surface area contributed by atoms with Crippen molar-refractivity contribution in [1.82, 2.24) is 19.8 Å². The predicted octanol–water partition coefficient (Wildman–Crippen LogP) is -0.168. The van der Waals surface area contributed by atoms with Crippen LogP contribution in [0.25, 0.3) is 0 Å². The Kier molecular flexibility index (Phi) is 5.70. The highest BCUT2D eigenvalue weighted by Crippen LogP contribution is 2.17. The molecule has 8 heteroatoms. The van der Waals surface area contributed by atoms with Gasteiger partial charge < -0.3 is 19.4 Å². The minimum absolute atomic E-state index is 0.207. The number of piperazine rings is 1. The molecule has 0 unspecified atom stereocenters. The normalized spacial score (nSPS) is 19.2. The number of carbonyl (C=O) groups is 1. The maximum absolute atomic E-state index is 12.4. The summed E-state index contributed by atoms with van der Waals surface area (Å²) >= 11 is 0. The number of nitrogens with zero attached hydrogens (tertiary/aromatic N) is 6. The van der Waals surface area contributed by atoms with Crippen molar-refractivity contribution < 1.29 is 9.53 Å². The lowest BCUT2D eigenvalue weighted by Crippen LogP contribution is -2.52. The first-order chi connectivity index (χ1) is 12.0. The third-order valence-electron chi connectivity index (χ3n) is 4.66. The second-order valence-corrected chi connectivity index (χ2v) is 6.82. The lowest BCUT2D eigenvalue weighted by Gasteiger charge is -2.36. The monoisotopic (exact) mass is 348 g/mol. The van der Waals surface area contributed by atoms with E-state index in [0.717, 1.165) is 43.6 Å². The lowest BCUT2D eigenvalue weighted by atomic mass is 10.3. The number of amides is 1. The van der Waals surface area contributed by atoms with Gasteiger partial charge in [0.2, 0.25) is 11.9 Å². The van der Waals surface area contributed by atoms with Crippen LogP contribution in [-0.2, 0) is 9.53 Å². The number of aryl methyl sites for hydroxylation is 1. The second-order valence-electron chi connectivity index (χ2n) is 6.82. The van der Waals surface area contributed by atoms with Crippen molar-refractivity contribution in [3.05, 3.63) is 11.8 Å². The number of morpholine rings is 1. The van der Waals surface area contributed by atoms with Crippen LogP contribution >= 0.6 is 0 Å². The van der Waals surface area contributed by atoms with Gasteiger partial charge in [0.25, 0.3) is 0 Å². The van der Waals surface area contributed by atoms with E-state index in [1.54, 1.807) is 0 Å². The number of hydrogen-bond donors (Lipinski definition) is 0. The van der Waals surface area contributed by atoms with Crippen LogP contribution < -0.4 is 9.80 Å². The molecule has 0 atom stereocenters. The molecule has 2 saturated heterocycles. The molecule has 3 rings (SSSR count). The summed E-state index contributed by atoms with van der Waals surface area (Å²) in [5.41, 5.74) is 0.971. The molecule has 0 bridgehead atoms. The molecule has 0 saturated carbocycles. The predicted molar refractivity (Wildman–Crippen MR) is 97.1 cm³/mol. The first-order valence-electron chi connectivity index (χ1n) is 8.89. The molecule has 0 aromatic carbocycles. The molecule has 2 aliphatic heterocycles. The number of anilines is 2. The zero-order valence-corrected chi connectivity index (χ0v) is 15.4. The number of aromatic nitrogens is 2. The number of hydrogen-bond acceptors (Lipinski definition) is 7. The number of ether oxygens (including phenoxy) is 1. The van der Waals surface area contributed by atoms with Gasteiger partial charge in [-0.3, -0.25) is 9.69 Å². The van der Waals surface area contributed by atoms with E-state index < -0.39 is 0 Å². The van der Waals surface area contributed by atoms with Gasteiger partial charge in [0, 0.05) is 65.1 Å². The van der Waals surface area contributed by atoms with Crippen molar-refractivity contribution >= 4 is 17.7 Å². The highest BCUT2D eigenvalue weighted by atomic mass is 16.5. The molecule has 0 radical (unpaired) electrons. The summed E-state index contributed by atoms with van der Waals surface area (Å²) in [6.45, 7) is 8.60. The van der Waals surface area contributed by atoms with Crippen LogP contribution in [0.15, 0.2) is 6.07 Å². The summed E-state index contributed by atoms with van der Waals surface area (Å²) in [6, 6.07) is 1.99. The smallest absolute Gasteiger partial charge is 0.236 e. The molecule has 0 aliphatic carbocycles. The first kappa shape index (κ1) is 17.9. The average Bonchev–Trinajstić information content (AvgIpc) is 2.62. The quantitative estimate of drug-likeness (QED) is 0.749. The third-order valence-corrected chi connectivity index (χ3v) is 4.66. The van der Waals surface area contributed by atoms with Crippen molar-refractivity contribution in [2.75, 3.05) is 82.9 Å². The second kappa shape index (κ2) is 7.97. The fraction of sp³-hybridized carbons (Fsp3) is 0.706. The molecule has 8 nitrogen and oxygen atoms in total. The van der Waals surface area contributed by atoms with Gasteiger partial charge >= 0.3 is 0 Å². The summed E-state index contributed by atoms with van der Waals surface area (Å²) in [5, 5.41) is 0. The van der Waals surface area contributed by atoms with Gasteiger partial charge in [-0.25, -0.2) is 4.98 Å². The van der Waals surface area contributed by atoms with E-state index in [1.165, 1.54) is 0 Å². The lowest BCUT2D eigenvalue weighted by molar-refractivity contribution is -0.136. The Hall–Kier alpha value is -1.93. The van der Waals surface area contributed by atoms with Crippen molar-refractivity contribution in [3.63, 3.8) is 0 Å². The van der Waals surface area contributed by atoms with E-state index in [4.69, 9.17) is 4.74 Å². The van der Waals surface area contributed by atoms with Crippen LogP contribution in [0.3, 0.4) is 0 Å². The Morgan fingerprint density at radius 2 is 1.80 bits per heavy atom. The Balaban J connectivity index is 1.54. The molecular weight excluding hydrogens is 320 g/mol. The van der Waals surface area contributed by atoms with E-state index in [0.29, 0.717) is 32.8 Å². The fourth-order valence-corrected chi connectivity index (χ4v) is 3.12. The Labute approximate surface area is 149 Å². The summed E-state index contributed by atoms with van der Waals surface area (Å²) in [7, 11) is 3.97. The molecular formula is C17H28N6O2. The molecule has 138 valence electrons. The largest absolute Gasteiger partial charge is 0.378 e. The van der Waals surface area contributed by atoms with Crippen LogP contribution in [0.5, 0.6) is 0 Å². The molecule has 25 heavy (non-hydrogen) atoms. The topological polar surface area (TPSA) is 65.0 Å². The summed E-state index contributed by atoms with van der Waals surface area (Å²) < 4.78 is 5.31.